The van der Waals surface area contributed by atoms with Crippen LogP contribution in [0.5, 0.6) is 0 Å². The largest absolute Gasteiger partial charge is 0.524 e. The van der Waals surface area contributed by atoms with E-state index in [0.717, 1.165) is 12.8 Å². The van der Waals surface area contributed by atoms with Crippen LogP contribution in [-0.4, -0.2) is 42.0 Å². The molecule has 0 aromatic heterocycles. The number of carbonyl (C=O) groups is 2. The van der Waals surface area contributed by atoms with Crippen LogP contribution in [0.25, 0.3) is 0 Å². The summed E-state index contributed by atoms with van der Waals surface area (Å²) in [7, 11) is -1.01. The summed E-state index contributed by atoms with van der Waals surface area (Å²) in [5.41, 5.74) is 5.16. The second-order valence-corrected chi connectivity index (χ2v) is 7.08. The highest BCUT2D eigenvalue weighted by Crippen LogP contribution is 2.34. The maximum atomic E-state index is 12.3. The zero-order chi connectivity index (χ0) is 16.3. The van der Waals surface area contributed by atoms with Gasteiger partial charge in [-0.3, -0.25) is 9.59 Å². The lowest BCUT2D eigenvalue weighted by atomic mass is 9.77. The maximum Gasteiger partial charge on any atom is 0.524 e. The van der Waals surface area contributed by atoms with Gasteiger partial charge >= 0.3 is 13.1 Å². The van der Waals surface area contributed by atoms with Crippen molar-refractivity contribution in [2.45, 2.75) is 63.9 Å². The normalized spacial score (nSPS) is 31.0. The van der Waals surface area contributed by atoms with Gasteiger partial charge in [0.05, 0.1) is 6.04 Å². The number of ketones is 1. The quantitative estimate of drug-likeness (QED) is 0.653. The van der Waals surface area contributed by atoms with Crippen LogP contribution in [0.1, 0.15) is 46.0 Å². The minimum Gasteiger partial charge on any atom is -0.508 e. The van der Waals surface area contributed by atoms with E-state index in [1.807, 2.05) is 13.8 Å². The zero-order valence-electron chi connectivity index (χ0n) is 13.5. The number of nitrogens with one attached hydrogen (secondary N) is 1. The summed E-state index contributed by atoms with van der Waals surface area (Å²) in [6, 6.07) is -0.442. The van der Waals surface area contributed by atoms with Crippen LogP contribution in [0.3, 0.4) is 0 Å². The van der Waals surface area contributed by atoms with Gasteiger partial charge in [-0.25, -0.2) is 0 Å². The summed E-state index contributed by atoms with van der Waals surface area (Å²) in [5.74, 6) is -0.111. The highest BCUT2D eigenvalue weighted by Gasteiger charge is 2.48. The monoisotopic (exact) mass is 310 g/mol. The number of rotatable bonds is 4. The molecule has 4 N–H and O–H groups in total. The van der Waals surface area contributed by atoms with Gasteiger partial charge < -0.3 is 20.7 Å². The Bertz CT molecular complexity index is 432. The molecule has 1 spiro atoms. The Morgan fingerprint density at radius 2 is 2.27 bits per heavy atom. The number of nitrogens with two attached hydrogens (primary N) is 1. The Morgan fingerprint density at radius 3 is 2.95 bits per heavy atom. The molecule has 0 amide bonds. The molecule has 0 bridgehead atoms. The van der Waals surface area contributed by atoms with Gasteiger partial charge in [0, 0.05) is 6.42 Å². The van der Waals surface area contributed by atoms with Gasteiger partial charge in [-0.05, 0) is 37.5 Å². The fourth-order valence-corrected chi connectivity index (χ4v) is 3.40. The lowest BCUT2D eigenvalue weighted by Crippen LogP contribution is -2.51. The number of hydrogen-bond acceptors (Lipinski definition) is 6. The Kier molecular flexibility index (Phi) is 5.63. The second-order valence-electron chi connectivity index (χ2n) is 7.08. The van der Waals surface area contributed by atoms with Crippen molar-refractivity contribution in [2.75, 3.05) is 6.54 Å². The third kappa shape index (κ3) is 3.88. The summed E-state index contributed by atoms with van der Waals surface area (Å²) >= 11 is 0. The molecule has 0 saturated carbocycles. The van der Waals surface area contributed by atoms with Crippen LogP contribution < -0.4 is 11.1 Å². The zero-order valence-corrected chi connectivity index (χ0v) is 13.5. The molecule has 0 aliphatic carbocycles. The van der Waals surface area contributed by atoms with E-state index >= 15 is 0 Å². The van der Waals surface area contributed by atoms with Crippen LogP contribution in [0.4, 0.5) is 0 Å². The van der Waals surface area contributed by atoms with Crippen LogP contribution in [-0.2, 0) is 14.2 Å². The van der Waals surface area contributed by atoms with Gasteiger partial charge in [0.1, 0.15) is 11.3 Å². The fraction of sp³-hybridized carbons (Fsp3) is 0.867. The first-order chi connectivity index (χ1) is 10.3. The molecule has 2 fully saturated rings. The standard InChI is InChI=1S/C15H27BN2O4/c1-10(2)13(17)12(19)7-11-8-15(18-9-11)5-3-4-6-16(21)22-14(15)20/h10-11,13,18,21H,3-9,17H2,1-2H3/t11-,13+,15+/m1/s1. The van der Waals surface area contributed by atoms with E-state index in [4.69, 9.17) is 10.4 Å². The lowest BCUT2D eigenvalue weighted by Gasteiger charge is -2.30. The lowest BCUT2D eigenvalue weighted by molar-refractivity contribution is -0.143. The van der Waals surface area contributed by atoms with E-state index in [2.05, 4.69) is 5.32 Å². The number of hydrogen-bond donors (Lipinski definition) is 3. The molecule has 3 atom stereocenters. The van der Waals surface area contributed by atoms with Crippen molar-refractivity contribution in [3.05, 3.63) is 0 Å². The molecule has 22 heavy (non-hydrogen) atoms. The van der Waals surface area contributed by atoms with Crippen molar-refractivity contribution in [2.24, 2.45) is 17.6 Å². The molecule has 2 aliphatic heterocycles. The van der Waals surface area contributed by atoms with E-state index in [1.165, 1.54) is 0 Å². The summed E-state index contributed by atoms with van der Waals surface area (Å²) in [6.45, 7) is 4.48. The van der Waals surface area contributed by atoms with E-state index in [-0.39, 0.29) is 23.6 Å². The van der Waals surface area contributed by atoms with Crippen molar-refractivity contribution >= 4 is 18.9 Å². The van der Waals surface area contributed by atoms with Gasteiger partial charge in [0.15, 0.2) is 0 Å². The van der Waals surface area contributed by atoms with Gasteiger partial charge in [0.25, 0.3) is 0 Å². The van der Waals surface area contributed by atoms with Gasteiger partial charge in [-0.15, -0.1) is 0 Å². The predicted molar refractivity (Wildman–Crippen MR) is 84.0 cm³/mol. The average molecular weight is 310 g/mol. The Morgan fingerprint density at radius 1 is 1.55 bits per heavy atom. The van der Waals surface area contributed by atoms with Crippen LogP contribution in [0.2, 0.25) is 6.32 Å². The number of Topliss-reactive ketones (excluding diaryl/α,β-unsaturated/α-hetero) is 1. The van der Waals surface area contributed by atoms with Crippen molar-refractivity contribution in [1.82, 2.24) is 5.32 Å². The highest BCUT2D eigenvalue weighted by molar-refractivity contribution is 6.45. The van der Waals surface area contributed by atoms with E-state index in [1.54, 1.807) is 0 Å². The molecule has 0 unspecified atom stereocenters. The first-order valence-corrected chi connectivity index (χ1v) is 8.26. The Labute approximate surface area is 132 Å². The average Bonchev–Trinajstić information content (AvgIpc) is 2.86. The molecule has 6 nitrogen and oxygen atoms in total. The predicted octanol–water partition coefficient (Wildman–Crippen LogP) is 0.485. The number of carbonyl (C=O) groups excluding carboxylic acids is 2. The molecular weight excluding hydrogens is 283 g/mol. The molecule has 2 aliphatic rings. The molecule has 7 heteroatoms. The molecule has 124 valence electrons. The minimum atomic E-state index is -1.01. The molecule has 0 aromatic carbocycles. The summed E-state index contributed by atoms with van der Waals surface area (Å²) in [4.78, 5) is 24.5. The third-order valence-corrected chi connectivity index (χ3v) is 4.88. The molecule has 2 rings (SSSR count). The van der Waals surface area contributed by atoms with Gasteiger partial charge in [-0.2, -0.15) is 0 Å². The van der Waals surface area contributed by atoms with Crippen molar-refractivity contribution in [3.8, 4) is 0 Å². The molecule has 2 saturated heterocycles. The first kappa shape index (κ1) is 17.4. The van der Waals surface area contributed by atoms with Crippen molar-refractivity contribution < 1.29 is 19.3 Å². The SMILES string of the molecule is CC(C)[C@H](N)C(=O)C[C@H]1CN[C@@]2(CCCCB(O)OC2=O)C1. The van der Waals surface area contributed by atoms with E-state index < -0.39 is 18.7 Å². The fourth-order valence-electron chi connectivity index (χ4n) is 3.40. The molecular formula is C15H27BN2O4. The van der Waals surface area contributed by atoms with Gasteiger partial charge in [-0.1, -0.05) is 26.7 Å². The van der Waals surface area contributed by atoms with Crippen LogP contribution in [0.15, 0.2) is 0 Å². The van der Waals surface area contributed by atoms with E-state index in [9.17, 15) is 14.6 Å². The highest BCUT2D eigenvalue weighted by atomic mass is 16.6. The summed E-state index contributed by atoms with van der Waals surface area (Å²) in [5, 5.41) is 12.9. The second kappa shape index (κ2) is 7.11. The maximum absolute atomic E-state index is 12.3. The smallest absolute Gasteiger partial charge is 0.508 e. The first-order valence-electron chi connectivity index (χ1n) is 8.26. The third-order valence-electron chi connectivity index (χ3n) is 4.88. The molecule has 0 radical (unpaired) electrons. The van der Waals surface area contributed by atoms with Gasteiger partial charge in [0.2, 0.25) is 0 Å². The van der Waals surface area contributed by atoms with Crippen LogP contribution >= 0.6 is 0 Å². The van der Waals surface area contributed by atoms with Crippen molar-refractivity contribution in [1.29, 1.82) is 0 Å². The summed E-state index contributed by atoms with van der Waals surface area (Å²) in [6.07, 6.45) is 3.86. The molecule has 0 aromatic rings. The topological polar surface area (TPSA) is 102 Å². The summed E-state index contributed by atoms with van der Waals surface area (Å²) < 4.78 is 5.11. The Hall–Kier alpha value is -0.915. The Balaban J connectivity index is 1.97. The minimum absolute atomic E-state index is 0.0538. The van der Waals surface area contributed by atoms with Crippen LogP contribution in [0, 0.1) is 11.8 Å². The van der Waals surface area contributed by atoms with Crippen molar-refractivity contribution in [3.63, 3.8) is 0 Å². The van der Waals surface area contributed by atoms with E-state index in [0.29, 0.717) is 32.1 Å². The molecule has 2 heterocycles.